The zero-order valence-electron chi connectivity index (χ0n) is 10.0. The Labute approximate surface area is 103 Å². The van der Waals surface area contributed by atoms with Crippen LogP contribution in [0.1, 0.15) is 20.3 Å². The van der Waals surface area contributed by atoms with Crippen molar-refractivity contribution in [2.24, 2.45) is 23.3 Å². The van der Waals surface area contributed by atoms with Crippen molar-refractivity contribution in [3.8, 4) is 0 Å². The maximum atomic E-state index is 11.2. The zero-order valence-corrected chi connectivity index (χ0v) is 10.0. The summed E-state index contributed by atoms with van der Waals surface area (Å²) in [6.45, 7) is 2.76. The highest BCUT2D eigenvalue weighted by Gasteiger charge is 2.60. The Kier molecular flexibility index (Phi) is 4.79. The van der Waals surface area contributed by atoms with Crippen molar-refractivity contribution in [2.75, 3.05) is 0 Å². The van der Waals surface area contributed by atoms with Crippen molar-refractivity contribution < 1.29 is 29.4 Å². The summed E-state index contributed by atoms with van der Waals surface area (Å²) in [6, 6.07) is 0. The van der Waals surface area contributed by atoms with Crippen LogP contribution in [0.25, 0.3) is 0 Å². The van der Waals surface area contributed by atoms with Crippen LogP contribution in [0.4, 0.5) is 0 Å². The second kappa shape index (κ2) is 5.29. The van der Waals surface area contributed by atoms with Gasteiger partial charge in [-0.1, -0.05) is 13.8 Å². The SMILES string of the molecule is CC(C)C(N)(C(=O)O)[C@](N)(CC(=O)ON)C(=O)O. The number of carboxylic acid groups (broad SMARTS) is 2. The molecule has 0 radical (unpaired) electrons. The molecule has 9 nitrogen and oxygen atoms in total. The summed E-state index contributed by atoms with van der Waals surface area (Å²) in [5.41, 5.74) is 6.26. The van der Waals surface area contributed by atoms with Crippen LogP contribution in [0.3, 0.4) is 0 Å². The first-order valence-corrected chi connectivity index (χ1v) is 4.98. The Morgan fingerprint density at radius 1 is 1.17 bits per heavy atom. The normalized spacial score (nSPS) is 17.7. The third-order valence-corrected chi connectivity index (χ3v) is 2.94. The molecule has 0 spiro atoms. The maximum absolute atomic E-state index is 11.2. The number of nitrogens with two attached hydrogens (primary N) is 3. The minimum absolute atomic E-state index is 0.846. The third-order valence-electron chi connectivity index (χ3n) is 2.94. The molecule has 104 valence electrons. The monoisotopic (exact) mass is 263 g/mol. The molecule has 0 heterocycles. The fourth-order valence-electron chi connectivity index (χ4n) is 1.62. The predicted octanol–water partition coefficient (Wildman–Crippen LogP) is -1.99. The lowest BCUT2D eigenvalue weighted by molar-refractivity contribution is -0.164. The number of carbonyl (C=O) groups excluding carboxylic acids is 1. The summed E-state index contributed by atoms with van der Waals surface area (Å²) in [6.07, 6.45) is -0.959. The van der Waals surface area contributed by atoms with Gasteiger partial charge in [0.15, 0.2) is 5.54 Å². The van der Waals surface area contributed by atoms with E-state index in [2.05, 4.69) is 10.7 Å². The molecule has 2 atom stereocenters. The number of rotatable bonds is 6. The topological polar surface area (TPSA) is 179 Å². The summed E-state index contributed by atoms with van der Waals surface area (Å²) in [7, 11) is 0. The molecule has 8 N–H and O–H groups in total. The molecule has 0 amide bonds. The molecule has 0 aliphatic carbocycles. The molecule has 9 heteroatoms. The average Bonchev–Trinajstić information content (AvgIpc) is 2.26. The fourth-order valence-corrected chi connectivity index (χ4v) is 1.62. The van der Waals surface area contributed by atoms with Gasteiger partial charge in [-0.2, -0.15) is 5.90 Å². The van der Waals surface area contributed by atoms with Gasteiger partial charge in [0.25, 0.3) is 0 Å². The molecule has 18 heavy (non-hydrogen) atoms. The van der Waals surface area contributed by atoms with Gasteiger partial charge in [-0.3, -0.25) is 14.4 Å². The summed E-state index contributed by atoms with van der Waals surface area (Å²) < 4.78 is 0. The minimum atomic E-state index is -2.54. The van der Waals surface area contributed by atoms with Crippen molar-refractivity contribution in [3.05, 3.63) is 0 Å². The Balaban J connectivity index is 5.77. The molecule has 0 bridgehead atoms. The van der Waals surface area contributed by atoms with Gasteiger partial charge in [-0.05, 0) is 5.92 Å². The van der Waals surface area contributed by atoms with Crippen LogP contribution in [-0.4, -0.2) is 39.2 Å². The molecule has 0 saturated heterocycles. The highest BCUT2D eigenvalue weighted by atomic mass is 16.7. The van der Waals surface area contributed by atoms with E-state index in [-0.39, 0.29) is 0 Å². The predicted molar refractivity (Wildman–Crippen MR) is 58.8 cm³/mol. The third kappa shape index (κ3) is 2.42. The van der Waals surface area contributed by atoms with Crippen molar-refractivity contribution in [1.29, 1.82) is 0 Å². The van der Waals surface area contributed by atoms with E-state index < -0.39 is 41.3 Å². The summed E-state index contributed by atoms with van der Waals surface area (Å²) in [5, 5.41) is 18.2. The quantitative estimate of drug-likeness (QED) is 0.339. The lowest BCUT2D eigenvalue weighted by Crippen LogP contribution is -2.76. The number of hydrogen-bond donors (Lipinski definition) is 5. The molecule has 0 aromatic rings. The first kappa shape index (κ1) is 16.3. The maximum Gasteiger partial charge on any atom is 0.326 e. The van der Waals surface area contributed by atoms with Crippen LogP contribution in [0, 0.1) is 5.92 Å². The molecule has 1 unspecified atom stereocenters. The number of hydrogen-bond acceptors (Lipinski definition) is 7. The van der Waals surface area contributed by atoms with E-state index >= 15 is 0 Å². The van der Waals surface area contributed by atoms with Gasteiger partial charge in [0.1, 0.15) is 5.54 Å². The molecule has 0 rings (SSSR count). The first-order chi connectivity index (χ1) is 8.03. The first-order valence-electron chi connectivity index (χ1n) is 4.98. The second-order valence-electron chi connectivity index (χ2n) is 4.27. The van der Waals surface area contributed by atoms with E-state index in [0.29, 0.717) is 0 Å². The van der Waals surface area contributed by atoms with E-state index in [1.807, 2.05) is 0 Å². The molecule has 0 fully saturated rings. The molecule has 0 saturated carbocycles. The van der Waals surface area contributed by atoms with Crippen LogP contribution >= 0.6 is 0 Å². The Morgan fingerprint density at radius 3 is 1.83 bits per heavy atom. The Morgan fingerprint density at radius 2 is 1.61 bits per heavy atom. The van der Waals surface area contributed by atoms with Gasteiger partial charge in [-0.15, -0.1) is 0 Å². The fraction of sp³-hybridized carbons (Fsp3) is 0.667. The van der Waals surface area contributed by atoms with E-state index in [1.54, 1.807) is 0 Å². The lowest BCUT2D eigenvalue weighted by atomic mass is 9.69. The second-order valence-corrected chi connectivity index (χ2v) is 4.27. The number of carboxylic acids is 2. The molecule has 0 aromatic heterocycles. The average molecular weight is 263 g/mol. The van der Waals surface area contributed by atoms with Gasteiger partial charge in [-0.25, -0.2) is 0 Å². The van der Waals surface area contributed by atoms with Gasteiger partial charge in [0, 0.05) is 0 Å². The van der Waals surface area contributed by atoms with Crippen molar-refractivity contribution in [3.63, 3.8) is 0 Å². The summed E-state index contributed by atoms with van der Waals surface area (Å²) in [5.74, 6) is -0.789. The van der Waals surface area contributed by atoms with Crippen LogP contribution in [-0.2, 0) is 19.2 Å². The van der Waals surface area contributed by atoms with E-state index in [4.69, 9.17) is 21.7 Å². The van der Waals surface area contributed by atoms with E-state index in [1.165, 1.54) is 13.8 Å². The van der Waals surface area contributed by atoms with Crippen LogP contribution in [0.15, 0.2) is 0 Å². The summed E-state index contributed by atoms with van der Waals surface area (Å²) in [4.78, 5) is 37.3. The molecular weight excluding hydrogens is 246 g/mol. The van der Waals surface area contributed by atoms with Crippen LogP contribution in [0.2, 0.25) is 0 Å². The van der Waals surface area contributed by atoms with Crippen molar-refractivity contribution >= 4 is 17.9 Å². The standard InChI is InChI=1S/C9H17N3O6/c1-4(2)9(11,7(16)17)8(10,6(14)15)3-5(13)18-12/h4H,3,10-12H2,1-2H3,(H,14,15)(H,16,17)/t8-,9?/m0/s1. The van der Waals surface area contributed by atoms with Gasteiger partial charge in [0.2, 0.25) is 0 Å². The van der Waals surface area contributed by atoms with Crippen molar-refractivity contribution in [2.45, 2.75) is 31.3 Å². The molecule has 0 aliphatic heterocycles. The number of aliphatic carboxylic acids is 2. The van der Waals surface area contributed by atoms with E-state index in [9.17, 15) is 14.4 Å². The van der Waals surface area contributed by atoms with E-state index in [0.717, 1.165) is 0 Å². The Bertz CT molecular complexity index is 371. The minimum Gasteiger partial charge on any atom is -0.480 e. The Hall–Kier alpha value is -1.71. The smallest absolute Gasteiger partial charge is 0.326 e. The molecule has 0 aromatic carbocycles. The molecule has 0 aliphatic rings. The van der Waals surface area contributed by atoms with Crippen molar-refractivity contribution in [1.82, 2.24) is 0 Å². The zero-order chi connectivity index (χ0) is 14.7. The molecular formula is C9H17N3O6. The van der Waals surface area contributed by atoms with Crippen LogP contribution in [0.5, 0.6) is 0 Å². The van der Waals surface area contributed by atoms with Gasteiger partial charge >= 0.3 is 17.9 Å². The van der Waals surface area contributed by atoms with Gasteiger partial charge < -0.3 is 26.5 Å². The highest BCUT2D eigenvalue weighted by Crippen LogP contribution is 2.29. The number of carbonyl (C=O) groups is 3. The highest BCUT2D eigenvalue weighted by molar-refractivity contribution is 5.96. The van der Waals surface area contributed by atoms with Crippen LogP contribution < -0.4 is 17.4 Å². The van der Waals surface area contributed by atoms with Gasteiger partial charge in [0.05, 0.1) is 6.42 Å². The lowest BCUT2D eigenvalue weighted by Gasteiger charge is -2.41. The largest absolute Gasteiger partial charge is 0.480 e. The summed E-state index contributed by atoms with van der Waals surface area (Å²) >= 11 is 0.